The minimum absolute atomic E-state index is 0.570. The van der Waals surface area contributed by atoms with E-state index >= 15 is 0 Å². The molecule has 0 N–H and O–H groups in total. The van der Waals surface area contributed by atoms with E-state index in [1.54, 1.807) is 7.11 Å². The minimum Gasteiger partial charge on any atom is -0.378 e. The third kappa shape index (κ3) is 1.50. The standard InChI is InChI=1S/C12H15N3O/c1-8-12-14-10(6-16-2)5-11(9-3-4-9)15(12)7-13-8/h5,7,9H,3-4,6H2,1-2H3. The molecule has 0 radical (unpaired) electrons. The maximum Gasteiger partial charge on any atom is 0.159 e. The molecule has 0 atom stereocenters. The Kier molecular flexibility index (Phi) is 2.17. The van der Waals surface area contributed by atoms with E-state index in [1.807, 2.05) is 13.3 Å². The van der Waals surface area contributed by atoms with E-state index in [9.17, 15) is 0 Å². The van der Waals surface area contributed by atoms with Crippen LogP contribution >= 0.6 is 0 Å². The van der Waals surface area contributed by atoms with Crippen LogP contribution in [0.2, 0.25) is 0 Å². The van der Waals surface area contributed by atoms with Gasteiger partial charge < -0.3 is 4.74 Å². The number of methoxy groups -OCH3 is 1. The van der Waals surface area contributed by atoms with Gasteiger partial charge in [-0.25, -0.2) is 9.97 Å². The van der Waals surface area contributed by atoms with Gasteiger partial charge >= 0.3 is 0 Å². The van der Waals surface area contributed by atoms with E-state index in [4.69, 9.17) is 4.74 Å². The summed E-state index contributed by atoms with van der Waals surface area (Å²) in [7, 11) is 1.70. The van der Waals surface area contributed by atoms with Crippen molar-refractivity contribution in [1.82, 2.24) is 14.4 Å². The van der Waals surface area contributed by atoms with E-state index in [0.29, 0.717) is 12.5 Å². The molecule has 0 saturated heterocycles. The van der Waals surface area contributed by atoms with Crippen molar-refractivity contribution in [3.05, 3.63) is 29.5 Å². The summed E-state index contributed by atoms with van der Waals surface area (Å²) in [6, 6.07) is 2.15. The van der Waals surface area contributed by atoms with Crippen LogP contribution in [0.3, 0.4) is 0 Å². The molecule has 0 aromatic carbocycles. The molecule has 2 heterocycles. The van der Waals surface area contributed by atoms with Crippen LogP contribution in [0.25, 0.3) is 5.65 Å². The third-order valence-corrected chi connectivity index (χ3v) is 3.05. The SMILES string of the molecule is COCc1cc(C2CC2)n2cnc(C)c2n1. The quantitative estimate of drug-likeness (QED) is 0.790. The Morgan fingerprint density at radius 1 is 1.50 bits per heavy atom. The first-order chi connectivity index (χ1) is 7.79. The lowest BCUT2D eigenvalue weighted by Crippen LogP contribution is -2.01. The summed E-state index contributed by atoms with van der Waals surface area (Å²) in [5.41, 5.74) is 4.29. The lowest BCUT2D eigenvalue weighted by molar-refractivity contribution is 0.181. The zero-order valence-corrected chi connectivity index (χ0v) is 9.60. The highest BCUT2D eigenvalue weighted by Gasteiger charge is 2.27. The average molecular weight is 217 g/mol. The molecule has 0 amide bonds. The summed E-state index contributed by atoms with van der Waals surface area (Å²) in [6.45, 7) is 2.57. The summed E-state index contributed by atoms with van der Waals surface area (Å²) < 4.78 is 7.27. The second-order valence-electron chi connectivity index (χ2n) is 4.40. The lowest BCUT2D eigenvalue weighted by atomic mass is 10.2. The van der Waals surface area contributed by atoms with Crippen LogP contribution < -0.4 is 0 Å². The van der Waals surface area contributed by atoms with Gasteiger partial charge in [0.2, 0.25) is 0 Å². The Labute approximate surface area is 94.3 Å². The lowest BCUT2D eigenvalue weighted by Gasteiger charge is -2.07. The summed E-state index contributed by atoms with van der Waals surface area (Å²) in [6.07, 6.45) is 4.44. The van der Waals surface area contributed by atoms with E-state index < -0.39 is 0 Å². The van der Waals surface area contributed by atoms with Crippen molar-refractivity contribution >= 4 is 5.65 Å². The van der Waals surface area contributed by atoms with Crippen molar-refractivity contribution in [3.8, 4) is 0 Å². The van der Waals surface area contributed by atoms with Gasteiger partial charge in [-0.3, -0.25) is 4.40 Å². The van der Waals surface area contributed by atoms with Gasteiger partial charge in [0, 0.05) is 12.8 Å². The van der Waals surface area contributed by atoms with E-state index in [2.05, 4.69) is 20.4 Å². The highest BCUT2D eigenvalue weighted by atomic mass is 16.5. The average Bonchev–Trinajstić information content (AvgIpc) is 3.05. The molecule has 0 spiro atoms. The number of aromatic nitrogens is 3. The number of aryl methyl sites for hydroxylation is 1. The predicted octanol–water partition coefficient (Wildman–Crippen LogP) is 2.06. The highest BCUT2D eigenvalue weighted by Crippen LogP contribution is 2.40. The van der Waals surface area contributed by atoms with Gasteiger partial charge in [0.25, 0.3) is 0 Å². The molecule has 1 fully saturated rings. The molecule has 4 heteroatoms. The molecule has 2 aromatic heterocycles. The minimum atomic E-state index is 0.570. The normalized spacial score (nSPS) is 15.9. The summed E-state index contributed by atoms with van der Waals surface area (Å²) in [5.74, 6) is 0.690. The maximum atomic E-state index is 5.16. The van der Waals surface area contributed by atoms with Gasteiger partial charge in [0.05, 0.1) is 18.0 Å². The van der Waals surface area contributed by atoms with Crippen molar-refractivity contribution in [3.63, 3.8) is 0 Å². The van der Waals surface area contributed by atoms with E-state index in [1.165, 1.54) is 18.5 Å². The van der Waals surface area contributed by atoms with Crippen LogP contribution in [-0.4, -0.2) is 21.5 Å². The van der Waals surface area contributed by atoms with Crippen molar-refractivity contribution < 1.29 is 4.74 Å². The highest BCUT2D eigenvalue weighted by molar-refractivity contribution is 5.46. The van der Waals surface area contributed by atoms with Crippen molar-refractivity contribution in [2.24, 2.45) is 0 Å². The second kappa shape index (κ2) is 3.56. The summed E-state index contributed by atoms with van der Waals surface area (Å²) in [4.78, 5) is 8.90. The number of nitrogens with zero attached hydrogens (tertiary/aromatic N) is 3. The van der Waals surface area contributed by atoms with Crippen LogP contribution in [0.1, 0.15) is 35.8 Å². The maximum absolute atomic E-state index is 5.16. The number of fused-ring (bicyclic) bond motifs is 1. The van der Waals surface area contributed by atoms with Crippen LogP contribution in [0.15, 0.2) is 12.4 Å². The molecule has 0 unspecified atom stereocenters. The fourth-order valence-electron chi connectivity index (χ4n) is 2.08. The summed E-state index contributed by atoms with van der Waals surface area (Å²) in [5, 5.41) is 0. The van der Waals surface area contributed by atoms with Crippen LogP contribution in [0, 0.1) is 6.92 Å². The van der Waals surface area contributed by atoms with Gasteiger partial charge in [-0.2, -0.15) is 0 Å². The number of hydrogen-bond acceptors (Lipinski definition) is 3. The summed E-state index contributed by atoms with van der Waals surface area (Å²) >= 11 is 0. The van der Waals surface area contributed by atoms with Crippen molar-refractivity contribution in [2.75, 3.05) is 7.11 Å². The molecule has 84 valence electrons. The number of rotatable bonds is 3. The van der Waals surface area contributed by atoms with Crippen LogP contribution in [0.5, 0.6) is 0 Å². The smallest absolute Gasteiger partial charge is 0.159 e. The Bertz CT molecular complexity index is 528. The van der Waals surface area contributed by atoms with Crippen LogP contribution in [-0.2, 0) is 11.3 Å². The Hall–Kier alpha value is -1.42. The van der Waals surface area contributed by atoms with Gasteiger partial charge in [0.15, 0.2) is 5.65 Å². The first-order valence-electron chi connectivity index (χ1n) is 5.62. The third-order valence-electron chi connectivity index (χ3n) is 3.05. The zero-order valence-electron chi connectivity index (χ0n) is 9.60. The molecule has 16 heavy (non-hydrogen) atoms. The molecule has 1 saturated carbocycles. The van der Waals surface area contributed by atoms with E-state index in [0.717, 1.165) is 17.0 Å². The molecular weight excluding hydrogens is 202 g/mol. The second-order valence-corrected chi connectivity index (χ2v) is 4.40. The predicted molar refractivity (Wildman–Crippen MR) is 60.4 cm³/mol. The molecule has 1 aliphatic rings. The molecule has 2 aromatic rings. The molecule has 3 rings (SSSR count). The fraction of sp³-hybridized carbons (Fsp3) is 0.500. The van der Waals surface area contributed by atoms with Crippen molar-refractivity contribution in [2.45, 2.75) is 32.3 Å². The number of imidazole rings is 1. The van der Waals surface area contributed by atoms with Gasteiger partial charge in [-0.1, -0.05) is 0 Å². The van der Waals surface area contributed by atoms with Gasteiger partial charge in [-0.05, 0) is 31.7 Å². The first kappa shape index (κ1) is 9.78. The van der Waals surface area contributed by atoms with Crippen LogP contribution in [0.4, 0.5) is 0 Å². The monoisotopic (exact) mass is 217 g/mol. The van der Waals surface area contributed by atoms with Crippen molar-refractivity contribution in [1.29, 1.82) is 0 Å². The van der Waals surface area contributed by atoms with Gasteiger partial charge in [0.1, 0.15) is 6.33 Å². The zero-order chi connectivity index (χ0) is 11.1. The molecule has 4 nitrogen and oxygen atoms in total. The fourth-order valence-corrected chi connectivity index (χ4v) is 2.08. The molecule has 0 bridgehead atoms. The Morgan fingerprint density at radius 2 is 2.31 bits per heavy atom. The molecule has 0 aliphatic heterocycles. The molecule has 1 aliphatic carbocycles. The largest absolute Gasteiger partial charge is 0.378 e. The Balaban J connectivity index is 2.20. The first-order valence-corrected chi connectivity index (χ1v) is 5.62. The van der Waals surface area contributed by atoms with Gasteiger partial charge in [-0.15, -0.1) is 0 Å². The topological polar surface area (TPSA) is 39.4 Å². The van der Waals surface area contributed by atoms with E-state index in [-0.39, 0.29) is 0 Å². The Morgan fingerprint density at radius 3 is 3.00 bits per heavy atom. The molecular formula is C12H15N3O. The number of ether oxygens (including phenoxy) is 1. The number of hydrogen-bond donors (Lipinski definition) is 0.